The molecule has 0 saturated heterocycles. The number of unbranched alkanes of at least 4 members (excludes halogenated alkanes) is 8. The van der Waals surface area contributed by atoms with Crippen molar-refractivity contribution in [3.05, 3.63) is 37.3 Å². The molecule has 0 N–H and O–H groups in total. The van der Waals surface area contributed by atoms with E-state index in [1.165, 1.54) is 63.7 Å². The Kier molecular flexibility index (Phi) is 29.2. The van der Waals surface area contributed by atoms with Crippen molar-refractivity contribution in [1.82, 2.24) is 0 Å². The molecule has 0 radical (unpaired) electrons. The van der Waals surface area contributed by atoms with E-state index in [0.29, 0.717) is 6.42 Å². The Morgan fingerprint density at radius 3 is 1.48 bits per heavy atom. The summed E-state index contributed by atoms with van der Waals surface area (Å²) in [6.45, 7) is 16.3. The first-order valence-electron chi connectivity index (χ1n) is 10.0. The fraction of sp³-hybridized carbons (Fsp3) is 0.652. The van der Waals surface area contributed by atoms with Crippen LogP contribution in [0.5, 0.6) is 0 Å². The maximum Gasteiger partial charge on any atom is 0.310 e. The second-order valence-electron chi connectivity index (χ2n) is 6.38. The molecule has 0 aliphatic heterocycles. The van der Waals surface area contributed by atoms with Gasteiger partial charge in [-0.25, -0.2) is 0 Å². The van der Waals surface area contributed by atoms with Gasteiger partial charge in [-0.2, -0.15) is 0 Å². The Labute approximate surface area is 167 Å². The molecule has 0 aromatic carbocycles. The van der Waals surface area contributed by atoms with Crippen LogP contribution in [0, 0.1) is 0 Å². The summed E-state index contributed by atoms with van der Waals surface area (Å²) in [5.41, 5.74) is 1.38. The zero-order valence-electron chi connectivity index (χ0n) is 18.4. The molecule has 0 rings (SSSR count). The average molecular weight is 383 g/mol. The summed E-state index contributed by atoms with van der Waals surface area (Å²) >= 11 is 0. The lowest BCUT2D eigenvalue weighted by Gasteiger charge is -2.01. The molecule has 0 saturated carbocycles. The monoisotopic (exact) mass is 382 g/mol. The third kappa shape index (κ3) is 40.3. The Morgan fingerprint density at radius 2 is 1.19 bits per heavy atom. The van der Waals surface area contributed by atoms with Crippen molar-refractivity contribution in [1.29, 1.82) is 0 Å². The molecule has 0 unspecified atom stereocenters. The van der Waals surface area contributed by atoms with E-state index in [1.807, 2.05) is 6.92 Å². The second-order valence-corrected chi connectivity index (χ2v) is 6.38. The van der Waals surface area contributed by atoms with Crippen molar-refractivity contribution in [3.63, 3.8) is 0 Å². The zero-order chi connectivity index (χ0) is 21.3. The van der Waals surface area contributed by atoms with E-state index in [4.69, 9.17) is 0 Å². The van der Waals surface area contributed by atoms with E-state index in [0.717, 1.165) is 19.1 Å². The molecule has 158 valence electrons. The SMILES string of the molecule is C=COC(=O)CCCCCCCCCCC.C=COC(C)=O.CC=C(C)C. The summed E-state index contributed by atoms with van der Waals surface area (Å²) in [6, 6.07) is 0. The molecule has 27 heavy (non-hydrogen) atoms. The molecule has 0 bridgehead atoms. The van der Waals surface area contributed by atoms with Crippen LogP contribution in [0.3, 0.4) is 0 Å². The summed E-state index contributed by atoms with van der Waals surface area (Å²) in [4.78, 5) is 20.7. The fourth-order valence-electron chi connectivity index (χ4n) is 1.85. The molecule has 0 spiro atoms. The van der Waals surface area contributed by atoms with Crippen LogP contribution in [0.15, 0.2) is 37.3 Å². The first-order valence-corrected chi connectivity index (χ1v) is 10.0. The number of rotatable bonds is 12. The highest BCUT2D eigenvalue weighted by atomic mass is 16.5. The summed E-state index contributed by atoms with van der Waals surface area (Å²) in [5.74, 6) is -0.483. The van der Waals surface area contributed by atoms with Crippen LogP contribution in [0.25, 0.3) is 0 Å². The zero-order valence-corrected chi connectivity index (χ0v) is 18.4. The van der Waals surface area contributed by atoms with Crippen molar-refractivity contribution in [3.8, 4) is 0 Å². The van der Waals surface area contributed by atoms with Crippen LogP contribution in [0.4, 0.5) is 0 Å². The van der Waals surface area contributed by atoms with E-state index < -0.39 is 0 Å². The second kappa shape index (κ2) is 26.4. The first kappa shape index (κ1) is 29.9. The molecular formula is C23H42O4. The van der Waals surface area contributed by atoms with Crippen molar-refractivity contribution >= 4 is 11.9 Å². The lowest BCUT2D eigenvalue weighted by Crippen LogP contribution is -1.98. The molecule has 0 aromatic rings. The molecule has 0 fully saturated rings. The van der Waals surface area contributed by atoms with E-state index in [9.17, 15) is 9.59 Å². The van der Waals surface area contributed by atoms with Gasteiger partial charge in [0.05, 0.1) is 12.5 Å². The average Bonchev–Trinajstić information content (AvgIpc) is 2.61. The topological polar surface area (TPSA) is 52.6 Å². The van der Waals surface area contributed by atoms with Crippen molar-refractivity contribution in [2.45, 2.75) is 98.8 Å². The maximum absolute atomic E-state index is 11.0. The number of carbonyl (C=O) groups is 2. The Hall–Kier alpha value is -1.84. The Morgan fingerprint density at radius 1 is 0.778 bits per heavy atom. The van der Waals surface area contributed by atoms with Gasteiger partial charge in [0.1, 0.15) is 0 Å². The third-order valence-electron chi connectivity index (χ3n) is 3.53. The molecule has 0 aliphatic carbocycles. The summed E-state index contributed by atoms with van der Waals surface area (Å²) in [7, 11) is 0. The van der Waals surface area contributed by atoms with Crippen molar-refractivity contribution in [2.24, 2.45) is 0 Å². The highest BCUT2D eigenvalue weighted by molar-refractivity contribution is 5.69. The van der Waals surface area contributed by atoms with Gasteiger partial charge in [0.25, 0.3) is 0 Å². The van der Waals surface area contributed by atoms with E-state index in [1.54, 1.807) is 0 Å². The number of hydrogen-bond donors (Lipinski definition) is 0. The van der Waals surface area contributed by atoms with Crippen molar-refractivity contribution < 1.29 is 19.1 Å². The molecule has 0 atom stereocenters. The van der Waals surface area contributed by atoms with Gasteiger partial charge in [0.15, 0.2) is 0 Å². The number of ether oxygens (including phenoxy) is 2. The summed E-state index contributed by atoms with van der Waals surface area (Å²) in [6.07, 6.45) is 16.3. The van der Waals surface area contributed by atoms with Crippen LogP contribution in [0.1, 0.15) is 98.8 Å². The Balaban J connectivity index is -0.000000428. The number of hydrogen-bond acceptors (Lipinski definition) is 4. The van der Waals surface area contributed by atoms with Gasteiger partial charge in [-0.1, -0.05) is 83.1 Å². The summed E-state index contributed by atoms with van der Waals surface area (Å²) < 4.78 is 8.81. The Bertz CT molecular complexity index is 393. The van der Waals surface area contributed by atoms with Gasteiger partial charge in [0.2, 0.25) is 0 Å². The smallest absolute Gasteiger partial charge is 0.310 e. The molecule has 0 aliphatic rings. The normalized spacial score (nSPS) is 8.78. The van der Waals surface area contributed by atoms with Crippen LogP contribution in [0.2, 0.25) is 0 Å². The van der Waals surface area contributed by atoms with Crippen LogP contribution in [-0.4, -0.2) is 11.9 Å². The van der Waals surface area contributed by atoms with Crippen LogP contribution in [-0.2, 0) is 19.1 Å². The predicted molar refractivity (Wildman–Crippen MR) is 115 cm³/mol. The third-order valence-corrected chi connectivity index (χ3v) is 3.53. The van der Waals surface area contributed by atoms with Gasteiger partial charge in [-0.05, 0) is 27.2 Å². The highest BCUT2D eigenvalue weighted by Crippen LogP contribution is 2.10. The van der Waals surface area contributed by atoms with Crippen molar-refractivity contribution in [2.75, 3.05) is 0 Å². The van der Waals surface area contributed by atoms with E-state index >= 15 is 0 Å². The predicted octanol–water partition coefficient (Wildman–Crippen LogP) is 7.26. The minimum Gasteiger partial charge on any atom is -0.435 e. The van der Waals surface area contributed by atoms with Gasteiger partial charge < -0.3 is 9.47 Å². The minimum absolute atomic E-state index is 0.155. The van der Waals surface area contributed by atoms with Gasteiger partial charge in [-0.3, -0.25) is 9.59 Å². The molecule has 0 heterocycles. The quantitative estimate of drug-likeness (QED) is 0.154. The molecular weight excluding hydrogens is 340 g/mol. The lowest BCUT2D eigenvalue weighted by atomic mass is 10.1. The van der Waals surface area contributed by atoms with Gasteiger partial charge >= 0.3 is 11.9 Å². The molecule has 4 heteroatoms. The number of carbonyl (C=O) groups excluding carboxylic acids is 2. The standard InChI is InChI=1S/C14H26O2.C5H10.C4H6O2/c1-3-5-6-7-8-9-10-11-12-13-14(15)16-4-2;1-4-5(2)3;1-3-6-4(2)5/h4H,2-3,5-13H2,1H3;4H,1-3H3;3H,1H2,2H3. The largest absolute Gasteiger partial charge is 0.435 e. The fourth-order valence-corrected chi connectivity index (χ4v) is 1.85. The first-order chi connectivity index (χ1) is 12.8. The van der Waals surface area contributed by atoms with E-state index in [-0.39, 0.29) is 11.9 Å². The minimum atomic E-state index is -0.329. The highest BCUT2D eigenvalue weighted by Gasteiger charge is 1.99. The van der Waals surface area contributed by atoms with Crippen LogP contribution >= 0.6 is 0 Å². The maximum atomic E-state index is 11.0. The molecule has 4 nitrogen and oxygen atoms in total. The molecule has 0 amide bonds. The van der Waals surface area contributed by atoms with Gasteiger partial charge in [-0.15, -0.1) is 0 Å². The summed E-state index contributed by atoms with van der Waals surface area (Å²) in [5, 5.41) is 0. The van der Waals surface area contributed by atoms with Gasteiger partial charge in [0, 0.05) is 13.3 Å². The van der Waals surface area contributed by atoms with Crippen LogP contribution < -0.4 is 0 Å². The molecule has 0 aromatic heterocycles. The lowest BCUT2D eigenvalue weighted by molar-refractivity contribution is -0.138. The number of allylic oxidation sites excluding steroid dienone is 2. The van der Waals surface area contributed by atoms with E-state index in [2.05, 4.69) is 49.5 Å². The number of esters is 2.